The predicted octanol–water partition coefficient (Wildman–Crippen LogP) is 3.81. The molecule has 0 aromatic heterocycles. The SMILES string of the molecule is [2H][C@@H]1CC[C@@H]1CCCc1ccccc1. The van der Waals surface area contributed by atoms with Crippen molar-refractivity contribution in [2.75, 3.05) is 0 Å². The van der Waals surface area contributed by atoms with Gasteiger partial charge < -0.3 is 0 Å². The first-order valence-electron chi connectivity index (χ1n) is 5.90. The lowest BCUT2D eigenvalue weighted by molar-refractivity contribution is 0.290. The first-order chi connectivity index (χ1) is 6.86. The van der Waals surface area contributed by atoms with E-state index in [1.165, 1.54) is 31.2 Å². The van der Waals surface area contributed by atoms with Crippen molar-refractivity contribution in [1.29, 1.82) is 0 Å². The molecule has 1 saturated carbocycles. The molecule has 0 bridgehead atoms. The molecule has 0 amide bonds. The zero-order chi connectivity index (χ0) is 9.80. The maximum atomic E-state index is 7.65. The van der Waals surface area contributed by atoms with Crippen LogP contribution in [0.1, 0.15) is 39.0 Å². The summed E-state index contributed by atoms with van der Waals surface area (Å²) in [6, 6.07) is 10.7. The fourth-order valence-corrected chi connectivity index (χ4v) is 1.88. The van der Waals surface area contributed by atoms with E-state index in [2.05, 4.69) is 30.3 Å². The Bertz CT molecular complexity index is 268. The summed E-state index contributed by atoms with van der Waals surface area (Å²) in [5.41, 5.74) is 1.44. The zero-order valence-electron chi connectivity index (χ0n) is 9.08. The summed E-state index contributed by atoms with van der Waals surface area (Å²) < 4.78 is 7.65. The van der Waals surface area contributed by atoms with Gasteiger partial charge in [0.2, 0.25) is 0 Å². The van der Waals surface area contributed by atoms with E-state index in [-0.39, 0.29) is 6.40 Å². The van der Waals surface area contributed by atoms with Crippen LogP contribution in [0.5, 0.6) is 0 Å². The summed E-state index contributed by atoms with van der Waals surface area (Å²) in [5.74, 6) is 0.707. The third-order valence-corrected chi connectivity index (χ3v) is 2.92. The lowest BCUT2D eigenvalue weighted by atomic mass is 9.81. The van der Waals surface area contributed by atoms with E-state index in [9.17, 15) is 0 Å². The highest BCUT2D eigenvalue weighted by Gasteiger charge is 2.16. The molecule has 0 saturated heterocycles. The minimum absolute atomic E-state index is 0.255. The molecule has 0 N–H and O–H groups in total. The van der Waals surface area contributed by atoms with Gasteiger partial charge in [0.15, 0.2) is 0 Å². The summed E-state index contributed by atoms with van der Waals surface area (Å²) in [5, 5.41) is 0. The molecule has 0 radical (unpaired) electrons. The van der Waals surface area contributed by atoms with Crippen LogP contribution < -0.4 is 0 Å². The van der Waals surface area contributed by atoms with Crippen LogP contribution in [0.2, 0.25) is 0 Å². The molecule has 2 atom stereocenters. The van der Waals surface area contributed by atoms with E-state index < -0.39 is 0 Å². The van der Waals surface area contributed by atoms with Crippen LogP contribution in [0.15, 0.2) is 30.3 Å². The van der Waals surface area contributed by atoms with Gasteiger partial charge in [-0.2, -0.15) is 0 Å². The summed E-state index contributed by atoms with van der Waals surface area (Å²) in [6.45, 7) is 0. The van der Waals surface area contributed by atoms with E-state index in [1.54, 1.807) is 0 Å². The molecule has 1 aliphatic rings. The molecular weight excluding hydrogens is 156 g/mol. The molecule has 0 spiro atoms. The van der Waals surface area contributed by atoms with E-state index >= 15 is 0 Å². The van der Waals surface area contributed by atoms with Gasteiger partial charge in [-0.3, -0.25) is 0 Å². The van der Waals surface area contributed by atoms with Crippen molar-refractivity contribution < 1.29 is 1.37 Å². The van der Waals surface area contributed by atoms with Gasteiger partial charge >= 0.3 is 0 Å². The largest absolute Gasteiger partial charge is 0.0622 e. The van der Waals surface area contributed by atoms with Crippen LogP contribution in [0.25, 0.3) is 0 Å². The maximum absolute atomic E-state index is 7.65. The van der Waals surface area contributed by atoms with E-state index in [0.717, 1.165) is 6.42 Å². The van der Waals surface area contributed by atoms with Crippen molar-refractivity contribution in [3.8, 4) is 0 Å². The first-order valence-corrected chi connectivity index (χ1v) is 5.32. The number of benzene rings is 1. The number of aryl methyl sites for hydroxylation is 1. The Labute approximate surface area is 82.4 Å². The summed E-state index contributed by atoms with van der Waals surface area (Å²) >= 11 is 0. The molecule has 13 heavy (non-hydrogen) atoms. The van der Waals surface area contributed by atoms with Crippen molar-refractivity contribution in [3.05, 3.63) is 35.9 Å². The average Bonchev–Trinajstić information content (AvgIpc) is 2.24. The van der Waals surface area contributed by atoms with Gasteiger partial charge in [-0.1, -0.05) is 56.0 Å². The van der Waals surface area contributed by atoms with Crippen LogP contribution in [-0.4, -0.2) is 0 Å². The van der Waals surface area contributed by atoms with E-state index in [4.69, 9.17) is 1.37 Å². The van der Waals surface area contributed by atoms with Crippen LogP contribution >= 0.6 is 0 Å². The molecule has 0 heterocycles. The van der Waals surface area contributed by atoms with Crippen LogP contribution in [-0.2, 0) is 6.42 Å². The Balaban J connectivity index is 1.68. The van der Waals surface area contributed by atoms with Crippen molar-refractivity contribution >= 4 is 0 Å². The van der Waals surface area contributed by atoms with Gasteiger partial charge in [0.05, 0.1) is 0 Å². The van der Waals surface area contributed by atoms with Gasteiger partial charge in [0.1, 0.15) is 0 Å². The van der Waals surface area contributed by atoms with Gasteiger partial charge in [-0.05, 0) is 24.3 Å². The van der Waals surface area contributed by atoms with E-state index in [0.29, 0.717) is 5.92 Å². The van der Waals surface area contributed by atoms with Gasteiger partial charge in [0, 0.05) is 1.37 Å². The van der Waals surface area contributed by atoms with Crippen molar-refractivity contribution in [2.24, 2.45) is 5.92 Å². The summed E-state index contributed by atoms with van der Waals surface area (Å²) in [7, 11) is 0. The number of hydrogen-bond donors (Lipinski definition) is 0. The highest BCUT2D eigenvalue weighted by Crippen LogP contribution is 2.30. The second-order valence-corrected chi connectivity index (χ2v) is 3.95. The van der Waals surface area contributed by atoms with Crippen LogP contribution in [0.4, 0.5) is 0 Å². The summed E-state index contributed by atoms with van der Waals surface area (Å²) in [4.78, 5) is 0. The third kappa shape index (κ3) is 2.58. The van der Waals surface area contributed by atoms with Crippen molar-refractivity contribution in [1.82, 2.24) is 0 Å². The normalized spacial score (nSPS) is 27.8. The molecule has 0 unspecified atom stereocenters. The highest BCUT2D eigenvalue weighted by molar-refractivity contribution is 5.14. The lowest BCUT2D eigenvalue weighted by Gasteiger charge is -2.24. The molecule has 0 aliphatic heterocycles. The fourth-order valence-electron chi connectivity index (χ4n) is 1.88. The Morgan fingerprint density at radius 2 is 2.15 bits per heavy atom. The average molecular weight is 175 g/mol. The van der Waals surface area contributed by atoms with Crippen molar-refractivity contribution in [3.63, 3.8) is 0 Å². The zero-order valence-corrected chi connectivity index (χ0v) is 8.08. The molecule has 0 nitrogen and oxygen atoms in total. The van der Waals surface area contributed by atoms with Crippen molar-refractivity contribution in [2.45, 2.75) is 38.5 Å². The molecule has 70 valence electrons. The van der Waals surface area contributed by atoms with Crippen LogP contribution in [0.3, 0.4) is 0 Å². The number of hydrogen-bond acceptors (Lipinski definition) is 0. The highest BCUT2D eigenvalue weighted by atomic mass is 14.2. The molecular formula is C13H18. The van der Waals surface area contributed by atoms with Gasteiger partial charge in [-0.25, -0.2) is 0 Å². The second-order valence-electron chi connectivity index (χ2n) is 3.95. The summed E-state index contributed by atoms with van der Waals surface area (Å²) in [6.07, 6.45) is 6.38. The third-order valence-electron chi connectivity index (χ3n) is 2.92. The molecule has 0 heteroatoms. The topological polar surface area (TPSA) is 0 Å². The quantitative estimate of drug-likeness (QED) is 0.652. The molecule has 1 aromatic rings. The Morgan fingerprint density at radius 3 is 2.77 bits per heavy atom. The maximum Gasteiger partial charge on any atom is 0.0269 e. The van der Waals surface area contributed by atoms with Crippen LogP contribution in [0, 0.1) is 5.92 Å². The minimum atomic E-state index is 0.255. The Hall–Kier alpha value is -0.780. The molecule has 1 aliphatic carbocycles. The van der Waals surface area contributed by atoms with Gasteiger partial charge in [-0.15, -0.1) is 0 Å². The fraction of sp³-hybridized carbons (Fsp3) is 0.538. The molecule has 2 rings (SSSR count). The predicted molar refractivity (Wildman–Crippen MR) is 56.7 cm³/mol. The standard InChI is InChI=1S/C13H18/c1-2-6-12(7-3-1)8-4-9-13-10-5-11-13/h1-3,6-7,13H,4-5,8-11H2/i10D/t10-,13-/m1/s1. The smallest absolute Gasteiger partial charge is 0.0269 e. The monoisotopic (exact) mass is 175 g/mol. The Kier molecular flexibility index (Phi) is 2.61. The minimum Gasteiger partial charge on any atom is -0.0622 e. The van der Waals surface area contributed by atoms with E-state index in [1.807, 2.05) is 0 Å². The lowest BCUT2D eigenvalue weighted by Crippen LogP contribution is -2.10. The molecule has 1 fully saturated rings. The number of rotatable bonds is 4. The van der Waals surface area contributed by atoms with Gasteiger partial charge in [0.25, 0.3) is 0 Å². The Morgan fingerprint density at radius 1 is 1.31 bits per heavy atom. The molecule has 1 aromatic carbocycles. The first kappa shape index (κ1) is 7.61. The second kappa shape index (κ2) is 4.45.